The Morgan fingerprint density at radius 2 is 1.52 bits per heavy atom. The molecule has 3 aromatic carbocycles. The zero-order valence-electron chi connectivity index (χ0n) is 18.4. The summed E-state index contributed by atoms with van der Waals surface area (Å²) in [5, 5.41) is 9.98. The molecule has 0 saturated carbocycles. The highest BCUT2D eigenvalue weighted by Gasteiger charge is 2.18. The summed E-state index contributed by atoms with van der Waals surface area (Å²) in [5.74, 6) is 2.52. The Balaban J connectivity index is 1.67. The lowest BCUT2D eigenvalue weighted by Crippen LogP contribution is -2.10. The molecule has 158 valence electrons. The van der Waals surface area contributed by atoms with Gasteiger partial charge in [0.15, 0.2) is 11.0 Å². The lowest BCUT2D eigenvalue weighted by atomic mass is 9.87. The van der Waals surface area contributed by atoms with E-state index >= 15 is 0 Å². The molecule has 0 fully saturated rings. The first kappa shape index (κ1) is 21.2. The summed E-state index contributed by atoms with van der Waals surface area (Å²) in [7, 11) is 1.68. The van der Waals surface area contributed by atoms with Crippen molar-refractivity contribution in [1.29, 1.82) is 0 Å². The topological polar surface area (TPSA) is 39.9 Å². The van der Waals surface area contributed by atoms with Crippen LogP contribution in [0.25, 0.3) is 17.1 Å². The predicted octanol–water partition coefficient (Wildman–Crippen LogP) is 6.53. The number of hydrogen-bond donors (Lipinski definition) is 0. The second-order valence-electron chi connectivity index (χ2n) is 8.44. The maximum absolute atomic E-state index is 5.26. The first-order chi connectivity index (χ1) is 15.0. The Hall–Kier alpha value is -3.05. The smallest absolute Gasteiger partial charge is 0.196 e. The van der Waals surface area contributed by atoms with Gasteiger partial charge in [0.05, 0.1) is 7.11 Å². The van der Waals surface area contributed by atoms with Crippen molar-refractivity contribution >= 4 is 11.8 Å². The van der Waals surface area contributed by atoms with E-state index in [0.29, 0.717) is 0 Å². The number of aromatic nitrogens is 3. The van der Waals surface area contributed by atoms with E-state index in [9.17, 15) is 0 Å². The van der Waals surface area contributed by atoms with Crippen LogP contribution in [0.2, 0.25) is 0 Å². The first-order valence-electron chi connectivity index (χ1n) is 10.3. The molecule has 31 heavy (non-hydrogen) atoms. The van der Waals surface area contributed by atoms with Gasteiger partial charge in [-0.25, -0.2) is 0 Å². The number of rotatable bonds is 6. The van der Waals surface area contributed by atoms with Crippen molar-refractivity contribution in [1.82, 2.24) is 14.8 Å². The molecule has 1 aromatic heterocycles. The molecule has 4 nitrogen and oxygen atoms in total. The lowest BCUT2D eigenvalue weighted by molar-refractivity contribution is 0.414. The van der Waals surface area contributed by atoms with Crippen LogP contribution in [0.3, 0.4) is 0 Å². The summed E-state index contributed by atoms with van der Waals surface area (Å²) >= 11 is 1.68. The van der Waals surface area contributed by atoms with Gasteiger partial charge in [-0.2, -0.15) is 0 Å². The van der Waals surface area contributed by atoms with Crippen LogP contribution in [0, 0.1) is 0 Å². The van der Waals surface area contributed by atoms with E-state index in [1.54, 1.807) is 18.9 Å². The van der Waals surface area contributed by atoms with Crippen LogP contribution in [0.5, 0.6) is 5.75 Å². The Bertz CT molecular complexity index is 1130. The third kappa shape index (κ3) is 4.83. The SMILES string of the molecule is COc1ccc(CSc2nnc(-c3ccc(C(C)(C)C)cc3)n2-c2ccccc2)cc1. The van der Waals surface area contributed by atoms with Gasteiger partial charge >= 0.3 is 0 Å². The molecule has 0 radical (unpaired) electrons. The van der Waals surface area contributed by atoms with Gasteiger partial charge < -0.3 is 4.74 Å². The van der Waals surface area contributed by atoms with Crippen molar-refractivity contribution in [3.05, 3.63) is 90.0 Å². The molecule has 1 heterocycles. The van der Waals surface area contributed by atoms with E-state index in [1.165, 1.54) is 11.1 Å². The maximum Gasteiger partial charge on any atom is 0.196 e. The Morgan fingerprint density at radius 1 is 0.839 bits per heavy atom. The second-order valence-corrected chi connectivity index (χ2v) is 9.38. The largest absolute Gasteiger partial charge is 0.497 e. The van der Waals surface area contributed by atoms with E-state index in [4.69, 9.17) is 4.74 Å². The number of methoxy groups -OCH3 is 1. The minimum absolute atomic E-state index is 0.116. The molecule has 0 unspecified atom stereocenters. The van der Waals surface area contributed by atoms with Crippen molar-refractivity contribution in [3.8, 4) is 22.8 Å². The van der Waals surface area contributed by atoms with Gasteiger partial charge in [-0.3, -0.25) is 4.57 Å². The minimum atomic E-state index is 0.116. The van der Waals surface area contributed by atoms with E-state index in [-0.39, 0.29) is 5.41 Å². The van der Waals surface area contributed by atoms with E-state index < -0.39 is 0 Å². The highest BCUT2D eigenvalue weighted by atomic mass is 32.2. The molecule has 0 aliphatic rings. The van der Waals surface area contributed by atoms with Crippen molar-refractivity contribution in [2.24, 2.45) is 0 Å². The molecule has 0 bridgehead atoms. The van der Waals surface area contributed by atoms with Crippen LogP contribution in [0.15, 0.2) is 84.0 Å². The van der Waals surface area contributed by atoms with Crippen LogP contribution in [-0.2, 0) is 11.2 Å². The second kappa shape index (κ2) is 8.98. The van der Waals surface area contributed by atoms with Crippen LogP contribution >= 0.6 is 11.8 Å². The summed E-state index contributed by atoms with van der Waals surface area (Å²) in [4.78, 5) is 0. The number of thioether (sulfide) groups is 1. The monoisotopic (exact) mass is 429 g/mol. The maximum atomic E-state index is 5.26. The van der Waals surface area contributed by atoms with Gasteiger partial charge in [0.2, 0.25) is 0 Å². The zero-order valence-corrected chi connectivity index (χ0v) is 19.2. The van der Waals surface area contributed by atoms with Crippen molar-refractivity contribution in [2.75, 3.05) is 7.11 Å². The number of benzene rings is 3. The molecule has 0 N–H and O–H groups in total. The van der Waals surface area contributed by atoms with Crippen molar-refractivity contribution in [3.63, 3.8) is 0 Å². The molecule has 0 aliphatic heterocycles. The van der Waals surface area contributed by atoms with Gasteiger partial charge in [0.25, 0.3) is 0 Å². The van der Waals surface area contributed by atoms with E-state index in [0.717, 1.165) is 33.7 Å². The number of para-hydroxylation sites is 1. The summed E-state index contributed by atoms with van der Waals surface area (Å²) in [5.41, 5.74) is 4.74. The quantitative estimate of drug-likeness (QED) is 0.327. The lowest BCUT2D eigenvalue weighted by Gasteiger charge is -2.19. The van der Waals surface area contributed by atoms with Crippen LogP contribution < -0.4 is 4.74 Å². The minimum Gasteiger partial charge on any atom is -0.497 e. The molecular weight excluding hydrogens is 402 g/mol. The predicted molar refractivity (Wildman–Crippen MR) is 128 cm³/mol. The fraction of sp³-hybridized carbons (Fsp3) is 0.231. The normalized spacial score (nSPS) is 11.5. The molecule has 0 atom stereocenters. The van der Waals surface area contributed by atoms with Crippen LogP contribution in [0.1, 0.15) is 31.9 Å². The average Bonchev–Trinajstić information content (AvgIpc) is 3.22. The Labute approximate surface area is 188 Å². The zero-order chi connectivity index (χ0) is 21.8. The summed E-state index contributed by atoms with van der Waals surface area (Å²) in [6, 6.07) is 27.1. The first-order valence-corrected chi connectivity index (χ1v) is 11.3. The van der Waals surface area contributed by atoms with E-state index in [1.807, 2.05) is 30.3 Å². The molecule has 0 saturated heterocycles. The summed E-state index contributed by atoms with van der Waals surface area (Å²) in [6.45, 7) is 6.67. The van der Waals surface area contributed by atoms with Crippen molar-refractivity contribution in [2.45, 2.75) is 37.1 Å². The number of ether oxygens (including phenoxy) is 1. The molecule has 0 amide bonds. The third-order valence-corrected chi connectivity index (χ3v) is 6.18. The average molecular weight is 430 g/mol. The van der Waals surface area contributed by atoms with Gasteiger partial charge in [-0.1, -0.05) is 87.1 Å². The molecular formula is C26H27N3OS. The van der Waals surface area contributed by atoms with Crippen LogP contribution in [-0.4, -0.2) is 21.9 Å². The van der Waals surface area contributed by atoms with Gasteiger partial charge in [-0.15, -0.1) is 10.2 Å². The fourth-order valence-electron chi connectivity index (χ4n) is 3.35. The van der Waals surface area contributed by atoms with E-state index in [2.05, 4.69) is 84.1 Å². The number of nitrogens with zero attached hydrogens (tertiary/aromatic N) is 3. The van der Waals surface area contributed by atoms with Crippen LogP contribution in [0.4, 0.5) is 0 Å². The molecule has 5 heteroatoms. The Kier molecular flexibility index (Phi) is 6.14. The fourth-order valence-corrected chi connectivity index (χ4v) is 4.26. The standard InChI is InChI=1S/C26H27N3OS/c1-26(2,3)21-14-12-20(13-15-21)24-27-28-25(29(24)22-8-6-5-7-9-22)31-18-19-10-16-23(30-4)17-11-19/h5-17H,18H2,1-4H3. The molecule has 4 aromatic rings. The molecule has 0 aliphatic carbocycles. The van der Waals surface area contributed by atoms with Gasteiger partial charge in [0.1, 0.15) is 5.75 Å². The van der Waals surface area contributed by atoms with Gasteiger partial charge in [0, 0.05) is 17.0 Å². The molecule has 0 spiro atoms. The summed E-state index contributed by atoms with van der Waals surface area (Å²) in [6.07, 6.45) is 0. The number of hydrogen-bond acceptors (Lipinski definition) is 4. The highest BCUT2D eigenvalue weighted by molar-refractivity contribution is 7.98. The van der Waals surface area contributed by atoms with Gasteiger partial charge in [-0.05, 0) is 40.8 Å². The summed E-state index contributed by atoms with van der Waals surface area (Å²) < 4.78 is 7.40. The highest BCUT2D eigenvalue weighted by Crippen LogP contribution is 2.31. The van der Waals surface area contributed by atoms with Crippen molar-refractivity contribution < 1.29 is 4.74 Å². The third-order valence-electron chi connectivity index (χ3n) is 5.18. The Morgan fingerprint density at radius 3 is 2.13 bits per heavy atom. The molecule has 4 rings (SSSR count).